The van der Waals surface area contributed by atoms with E-state index in [1.165, 1.54) is 6.07 Å². The van der Waals surface area contributed by atoms with E-state index in [1.807, 2.05) is 0 Å². The average molecular weight is 360 g/mol. The van der Waals surface area contributed by atoms with Gasteiger partial charge in [-0.2, -0.15) is 18.4 Å². The highest BCUT2D eigenvalue weighted by atomic mass is 35.5. The highest BCUT2D eigenvalue weighted by Crippen LogP contribution is 2.28. The maximum atomic E-state index is 12.6. The van der Waals surface area contributed by atoms with E-state index in [-0.39, 0.29) is 28.9 Å². The lowest BCUT2D eigenvalue weighted by Crippen LogP contribution is -2.10. The Bertz CT molecular complexity index is 851. The van der Waals surface area contributed by atoms with Gasteiger partial charge in [0.1, 0.15) is 23.2 Å². The number of aromatic nitrogens is 4. The molecule has 0 radical (unpaired) electrons. The Hall–Kier alpha value is -2.49. The number of hydrogen-bond acceptors (Lipinski definition) is 5. The first kappa shape index (κ1) is 16.9. The first-order valence-corrected chi connectivity index (χ1v) is 6.51. The zero-order chi connectivity index (χ0) is 17.0. The summed E-state index contributed by atoms with van der Waals surface area (Å²) in [6, 6.07) is 6.20. The van der Waals surface area contributed by atoms with E-state index < -0.39 is 17.2 Å². The molecular weight excluding hydrogens is 356 g/mol. The SMILES string of the molecule is N#Cc1cc(C#[N+]Cc2cc(C(F)(F)F)nc(Cl)n2)nc(Cl)n1. The summed E-state index contributed by atoms with van der Waals surface area (Å²) in [7, 11) is 0. The van der Waals surface area contributed by atoms with Crippen LogP contribution in [0.2, 0.25) is 10.6 Å². The van der Waals surface area contributed by atoms with Gasteiger partial charge < -0.3 is 0 Å². The van der Waals surface area contributed by atoms with Crippen LogP contribution in [0.3, 0.4) is 0 Å². The normalized spacial score (nSPS) is 10.6. The first-order chi connectivity index (χ1) is 10.8. The van der Waals surface area contributed by atoms with Gasteiger partial charge in [-0.1, -0.05) is 4.85 Å². The molecule has 2 heterocycles. The van der Waals surface area contributed by atoms with Crippen molar-refractivity contribution in [2.24, 2.45) is 0 Å². The molecule has 6 nitrogen and oxygen atoms in total. The summed E-state index contributed by atoms with van der Waals surface area (Å²) >= 11 is 11.1. The van der Waals surface area contributed by atoms with Crippen LogP contribution in [-0.2, 0) is 12.7 Å². The molecule has 2 aromatic rings. The first-order valence-electron chi connectivity index (χ1n) is 5.76. The van der Waals surface area contributed by atoms with Crippen molar-refractivity contribution in [3.63, 3.8) is 0 Å². The molecule has 0 N–H and O–H groups in total. The number of alkyl halides is 3. The summed E-state index contributed by atoms with van der Waals surface area (Å²) in [5.41, 5.74) is -1.10. The Labute approximate surface area is 137 Å². The molecule has 2 aromatic heterocycles. The van der Waals surface area contributed by atoms with E-state index >= 15 is 0 Å². The molecule has 0 saturated carbocycles. The lowest BCUT2D eigenvalue weighted by molar-refractivity contribution is -0.141. The second kappa shape index (κ2) is 6.73. The Morgan fingerprint density at radius 2 is 1.70 bits per heavy atom. The molecule has 11 heteroatoms. The van der Waals surface area contributed by atoms with E-state index in [0.29, 0.717) is 0 Å². The Morgan fingerprint density at radius 3 is 2.35 bits per heavy atom. The average Bonchev–Trinajstić information content (AvgIpc) is 2.45. The van der Waals surface area contributed by atoms with Crippen LogP contribution in [0.4, 0.5) is 13.2 Å². The lowest BCUT2D eigenvalue weighted by Gasteiger charge is -2.05. The van der Waals surface area contributed by atoms with Gasteiger partial charge in [0.15, 0.2) is 5.69 Å². The summed E-state index contributed by atoms with van der Waals surface area (Å²) in [4.78, 5) is 17.9. The molecule has 0 aromatic carbocycles. The fraction of sp³-hybridized carbons (Fsp3) is 0.167. The van der Waals surface area contributed by atoms with Crippen LogP contribution in [0, 0.1) is 17.4 Å². The quantitative estimate of drug-likeness (QED) is 0.729. The van der Waals surface area contributed by atoms with Gasteiger partial charge in [-0.05, 0) is 29.3 Å². The minimum atomic E-state index is -4.64. The largest absolute Gasteiger partial charge is 0.433 e. The zero-order valence-electron chi connectivity index (χ0n) is 10.9. The molecule has 0 bridgehead atoms. The summed E-state index contributed by atoms with van der Waals surface area (Å²) in [5, 5.41) is 8.02. The van der Waals surface area contributed by atoms with Crippen LogP contribution >= 0.6 is 23.2 Å². The maximum absolute atomic E-state index is 12.6. The summed E-state index contributed by atoms with van der Waals surface area (Å²) in [6.07, 6.45) is -4.64. The van der Waals surface area contributed by atoms with Crippen molar-refractivity contribution in [2.45, 2.75) is 12.7 Å². The van der Waals surface area contributed by atoms with E-state index in [1.54, 1.807) is 6.07 Å². The van der Waals surface area contributed by atoms with Crippen LogP contribution in [-0.4, -0.2) is 19.9 Å². The number of nitrogens with zero attached hydrogens (tertiary/aromatic N) is 6. The summed E-state index contributed by atoms with van der Waals surface area (Å²) < 4.78 is 37.8. The van der Waals surface area contributed by atoms with Gasteiger partial charge in [-0.25, -0.2) is 19.9 Å². The molecule has 2 rings (SSSR count). The van der Waals surface area contributed by atoms with E-state index in [9.17, 15) is 13.2 Å². The highest BCUT2D eigenvalue weighted by molar-refractivity contribution is 6.28. The molecular formula is C12H4Cl2F3N6+. The topological polar surface area (TPSA) is 79.7 Å². The fourth-order valence-electron chi connectivity index (χ4n) is 1.43. The summed E-state index contributed by atoms with van der Waals surface area (Å²) in [5.74, 6) is 0. The van der Waals surface area contributed by atoms with E-state index in [0.717, 1.165) is 6.07 Å². The van der Waals surface area contributed by atoms with Crippen molar-refractivity contribution in [3.05, 3.63) is 50.3 Å². The van der Waals surface area contributed by atoms with Crippen molar-refractivity contribution >= 4 is 23.2 Å². The molecule has 0 aliphatic heterocycles. The Kier molecular flexibility index (Phi) is 4.94. The van der Waals surface area contributed by atoms with E-state index in [2.05, 4.69) is 30.9 Å². The molecule has 0 aliphatic carbocycles. The minimum Gasteiger partial charge on any atom is -0.215 e. The van der Waals surface area contributed by atoms with Gasteiger partial charge in [0.05, 0.1) is 0 Å². The second-order valence-corrected chi connectivity index (χ2v) is 4.63. The van der Waals surface area contributed by atoms with Crippen molar-refractivity contribution in [1.82, 2.24) is 19.9 Å². The molecule has 116 valence electrons. The fourth-order valence-corrected chi connectivity index (χ4v) is 1.81. The van der Waals surface area contributed by atoms with Gasteiger partial charge in [0.2, 0.25) is 10.6 Å². The predicted octanol–water partition coefficient (Wildman–Crippen LogP) is 3.35. The van der Waals surface area contributed by atoms with Crippen LogP contribution < -0.4 is 0 Å². The van der Waals surface area contributed by atoms with Crippen LogP contribution in [0.25, 0.3) is 4.85 Å². The van der Waals surface area contributed by atoms with Gasteiger partial charge in [-0.3, -0.25) is 0 Å². The van der Waals surface area contributed by atoms with Gasteiger partial charge >= 0.3 is 18.8 Å². The van der Waals surface area contributed by atoms with Crippen LogP contribution in [0.5, 0.6) is 0 Å². The number of hydrogen-bond donors (Lipinski definition) is 0. The molecule has 0 aliphatic rings. The number of halogens is 5. The van der Waals surface area contributed by atoms with Crippen LogP contribution in [0.1, 0.15) is 22.8 Å². The minimum absolute atomic E-state index is 0.00661. The monoisotopic (exact) mass is 359 g/mol. The van der Waals surface area contributed by atoms with Crippen molar-refractivity contribution in [1.29, 1.82) is 5.26 Å². The van der Waals surface area contributed by atoms with Crippen LogP contribution in [0.15, 0.2) is 12.1 Å². The Morgan fingerprint density at radius 1 is 1.04 bits per heavy atom. The molecule has 0 saturated heterocycles. The molecule has 0 unspecified atom stereocenters. The third-order valence-corrected chi connectivity index (χ3v) is 2.63. The molecule has 23 heavy (non-hydrogen) atoms. The summed E-state index contributed by atoms with van der Waals surface area (Å²) in [6.45, 7) is -0.241. The third kappa shape index (κ3) is 4.74. The second-order valence-electron chi connectivity index (χ2n) is 3.96. The Balaban J connectivity index is 2.24. The lowest BCUT2D eigenvalue weighted by atomic mass is 10.3. The molecule has 0 spiro atoms. The molecule has 0 atom stereocenters. The highest BCUT2D eigenvalue weighted by Gasteiger charge is 2.33. The molecule has 0 fully saturated rings. The maximum Gasteiger partial charge on any atom is 0.433 e. The van der Waals surface area contributed by atoms with Gasteiger partial charge in [-0.15, -0.1) is 0 Å². The van der Waals surface area contributed by atoms with Gasteiger partial charge in [0, 0.05) is 6.07 Å². The number of nitriles is 1. The zero-order valence-corrected chi connectivity index (χ0v) is 12.4. The van der Waals surface area contributed by atoms with Crippen molar-refractivity contribution in [3.8, 4) is 12.1 Å². The third-order valence-electron chi connectivity index (χ3n) is 2.29. The standard InChI is InChI=1S/C12H4Cl2F3N6/c13-10-20-6(3-18)1-7(21-10)4-19-5-8-2-9(12(15,16)17)23-11(14)22-8/h1-2H,5H2/q+1. The smallest absolute Gasteiger partial charge is 0.215 e. The number of rotatable bonds is 1. The van der Waals surface area contributed by atoms with Gasteiger partial charge in [0.25, 0.3) is 0 Å². The predicted molar refractivity (Wildman–Crippen MR) is 73.9 cm³/mol. The molecule has 0 amide bonds. The van der Waals surface area contributed by atoms with E-state index in [4.69, 9.17) is 28.5 Å². The van der Waals surface area contributed by atoms with Crippen molar-refractivity contribution in [2.75, 3.05) is 0 Å². The van der Waals surface area contributed by atoms with Crippen molar-refractivity contribution < 1.29 is 13.2 Å².